The predicted octanol–water partition coefficient (Wildman–Crippen LogP) is 3.70. The van der Waals surface area contributed by atoms with Crippen molar-refractivity contribution < 1.29 is 14.6 Å². The van der Waals surface area contributed by atoms with Crippen LogP contribution in [0.3, 0.4) is 0 Å². The second kappa shape index (κ2) is 8.15. The van der Waals surface area contributed by atoms with Gasteiger partial charge in [0.1, 0.15) is 0 Å². The van der Waals surface area contributed by atoms with Gasteiger partial charge in [-0.05, 0) is 24.3 Å². The number of fused-ring (bicyclic) bond motifs is 1. The normalized spacial score (nSPS) is 10.6. The number of methoxy groups -OCH3 is 2. The Morgan fingerprint density at radius 2 is 1.96 bits per heavy atom. The molecule has 0 aliphatic rings. The minimum Gasteiger partial charge on any atom is -0.493 e. The maximum atomic E-state index is 9.15. The largest absolute Gasteiger partial charge is 0.493 e. The molecule has 3 rings (SSSR count). The van der Waals surface area contributed by atoms with Crippen molar-refractivity contribution in [1.82, 2.24) is 14.6 Å². The van der Waals surface area contributed by atoms with Crippen LogP contribution in [-0.2, 0) is 0 Å². The molecule has 0 aliphatic carbocycles. The second-order valence-corrected chi connectivity index (χ2v) is 6.82. The summed E-state index contributed by atoms with van der Waals surface area (Å²) in [5.41, 5.74) is 2.24. The van der Waals surface area contributed by atoms with Crippen molar-refractivity contribution in [2.24, 2.45) is 0 Å². The van der Waals surface area contributed by atoms with Crippen molar-refractivity contribution in [2.45, 2.75) is 0 Å². The molecule has 1 aromatic carbocycles. The molecule has 2 N–H and O–H groups in total. The first kappa shape index (κ1) is 18.8. The maximum Gasteiger partial charge on any atom is 0.162 e. The number of anilines is 2. The standard InChI is InChI=1S/C19H20N4O3S/c1-12(11-24)27-13(2)15-10-20-19-8-7-18(22-23(15)19)21-14-5-6-16(25-3)17(9-14)26-4/h5-10,24H,1-2,11H2,3-4H3,(H,21,22). The van der Waals surface area contributed by atoms with E-state index in [1.165, 1.54) is 11.8 Å². The van der Waals surface area contributed by atoms with Gasteiger partial charge in [-0.1, -0.05) is 24.9 Å². The highest BCUT2D eigenvalue weighted by molar-refractivity contribution is 8.11. The summed E-state index contributed by atoms with van der Waals surface area (Å²) in [7, 11) is 3.19. The van der Waals surface area contributed by atoms with Crippen LogP contribution in [0.15, 0.2) is 54.6 Å². The number of aromatic nitrogens is 3. The molecule has 0 saturated carbocycles. The van der Waals surface area contributed by atoms with Crippen LogP contribution in [-0.4, -0.2) is 40.5 Å². The Morgan fingerprint density at radius 1 is 1.19 bits per heavy atom. The Kier molecular flexibility index (Phi) is 5.68. The van der Waals surface area contributed by atoms with Gasteiger partial charge in [0.05, 0.1) is 32.7 Å². The highest BCUT2D eigenvalue weighted by Crippen LogP contribution is 2.32. The van der Waals surface area contributed by atoms with E-state index >= 15 is 0 Å². The molecule has 2 aromatic heterocycles. The zero-order chi connectivity index (χ0) is 19.4. The third-order valence-corrected chi connectivity index (χ3v) is 4.62. The first-order valence-electron chi connectivity index (χ1n) is 8.05. The first-order valence-corrected chi connectivity index (χ1v) is 8.87. The van der Waals surface area contributed by atoms with Gasteiger partial charge in [0.2, 0.25) is 0 Å². The van der Waals surface area contributed by atoms with Gasteiger partial charge in [-0.2, -0.15) is 0 Å². The van der Waals surface area contributed by atoms with E-state index in [1.807, 2.05) is 30.3 Å². The number of hydrogen-bond donors (Lipinski definition) is 2. The molecule has 0 radical (unpaired) electrons. The number of benzene rings is 1. The molecule has 0 fully saturated rings. The molecule has 2 heterocycles. The van der Waals surface area contributed by atoms with Crippen molar-refractivity contribution in [3.63, 3.8) is 0 Å². The summed E-state index contributed by atoms with van der Waals surface area (Å²) in [5, 5.41) is 17.0. The smallest absolute Gasteiger partial charge is 0.162 e. The summed E-state index contributed by atoms with van der Waals surface area (Å²) >= 11 is 1.30. The van der Waals surface area contributed by atoms with Crippen LogP contribution in [0.2, 0.25) is 0 Å². The lowest BCUT2D eigenvalue weighted by Gasteiger charge is -2.11. The van der Waals surface area contributed by atoms with E-state index in [-0.39, 0.29) is 6.61 Å². The van der Waals surface area contributed by atoms with E-state index in [4.69, 9.17) is 14.6 Å². The molecular formula is C19H20N4O3S. The van der Waals surface area contributed by atoms with E-state index in [2.05, 4.69) is 28.6 Å². The lowest BCUT2D eigenvalue weighted by molar-refractivity contribution is 0.340. The van der Waals surface area contributed by atoms with Crippen molar-refractivity contribution in [1.29, 1.82) is 0 Å². The van der Waals surface area contributed by atoms with Crippen LogP contribution in [0.4, 0.5) is 11.5 Å². The number of ether oxygens (including phenoxy) is 2. The Labute approximate surface area is 161 Å². The molecule has 0 bridgehead atoms. The lowest BCUT2D eigenvalue weighted by atomic mass is 10.2. The van der Waals surface area contributed by atoms with Crippen LogP contribution < -0.4 is 14.8 Å². The monoisotopic (exact) mass is 384 g/mol. The fourth-order valence-corrected chi connectivity index (χ4v) is 3.11. The topological polar surface area (TPSA) is 80.9 Å². The summed E-state index contributed by atoms with van der Waals surface area (Å²) in [6, 6.07) is 9.23. The fourth-order valence-electron chi connectivity index (χ4n) is 2.45. The van der Waals surface area contributed by atoms with Crippen LogP contribution in [0, 0.1) is 0 Å². The molecule has 0 saturated heterocycles. The Balaban J connectivity index is 1.89. The lowest BCUT2D eigenvalue weighted by Crippen LogP contribution is -2.01. The summed E-state index contributed by atoms with van der Waals surface area (Å²) in [5.74, 6) is 1.91. The molecule has 0 amide bonds. The number of aliphatic hydroxyl groups excluding tert-OH is 1. The Hall–Kier alpha value is -2.97. The first-order chi connectivity index (χ1) is 13.0. The molecule has 8 heteroatoms. The summed E-state index contributed by atoms with van der Waals surface area (Å²) in [4.78, 5) is 5.65. The van der Waals surface area contributed by atoms with E-state index < -0.39 is 0 Å². The number of nitrogens with one attached hydrogen (secondary N) is 1. The molecular weight excluding hydrogens is 364 g/mol. The van der Waals surface area contributed by atoms with Crippen molar-refractivity contribution in [3.05, 3.63) is 60.3 Å². The van der Waals surface area contributed by atoms with E-state index in [0.717, 1.165) is 11.4 Å². The van der Waals surface area contributed by atoms with Crippen LogP contribution in [0.1, 0.15) is 5.69 Å². The number of aliphatic hydroxyl groups is 1. The van der Waals surface area contributed by atoms with Crippen LogP contribution in [0.5, 0.6) is 11.5 Å². The predicted molar refractivity (Wildman–Crippen MR) is 109 cm³/mol. The van der Waals surface area contributed by atoms with Crippen LogP contribution >= 0.6 is 11.8 Å². The third-order valence-electron chi connectivity index (χ3n) is 3.75. The van der Waals surface area contributed by atoms with Gasteiger partial charge >= 0.3 is 0 Å². The molecule has 140 valence electrons. The summed E-state index contributed by atoms with van der Waals surface area (Å²) in [6.45, 7) is 7.69. The van der Waals surface area contributed by atoms with Gasteiger partial charge in [0.15, 0.2) is 23.0 Å². The quantitative estimate of drug-likeness (QED) is 0.613. The van der Waals surface area contributed by atoms with Gasteiger partial charge < -0.3 is 19.9 Å². The Morgan fingerprint density at radius 3 is 2.67 bits per heavy atom. The number of hydrogen-bond acceptors (Lipinski definition) is 7. The highest BCUT2D eigenvalue weighted by Gasteiger charge is 2.11. The van der Waals surface area contributed by atoms with Crippen molar-refractivity contribution in [3.8, 4) is 11.5 Å². The van der Waals surface area contributed by atoms with Crippen molar-refractivity contribution >= 4 is 33.8 Å². The third kappa shape index (κ3) is 4.07. The summed E-state index contributed by atoms with van der Waals surface area (Å²) in [6.07, 6.45) is 1.70. The van der Waals surface area contributed by atoms with Gasteiger partial charge in [-0.25, -0.2) is 9.50 Å². The number of nitrogens with zero attached hydrogens (tertiary/aromatic N) is 3. The molecule has 27 heavy (non-hydrogen) atoms. The zero-order valence-corrected chi connectivity index (χ0v) is 15.9. The molecule has 0 atom stereocenters. The van der Waals surface area contributed by atoms with Crippen molar-refractivity contribution in [2.75, 3.05) is 26.1 Å². The highest BCUT2D eigenvalue weighted by atomic mass is 32.2. The number of imidazole rings is 1. The van der Waals surface area contributed by atoms with E-state index in [0.29, 0.717) is 32.8 Å². The zero-order valence-electron chi connectivity index (χ0n) is 15.1. The summed E-state index contributed by atoms with van der Waals surface area (Å²) < 4.78 is 12.3. The van der Waals surface area contributed by atoms with Gasteiger partial charge in [0.25, 0.3) is 0 Å². The van der Waals surface area contributed by atoms with Gasteiger partial charge in [-0.3, -0.25) is 0 Å². The fraction of sp³-hybridized carbons (Fsp3) is 0.158. The minimum absolute atomic E-state index is 0.111. The molecule has 0 spiro atoms. The molecule has 7 nitrogen and oxygen atoms in total. The minimum atomic E-state index is -0.111. The average molecular weight is 384 g/mol. The molecule has 3 aromatic rings. The van der Waals surface area contributed by atoms with E-state index in [9.17, 15) is 0 Å². The molecule has 0 aliphatic heterocycles. The second-order valence-electron chi connectivity index (χ2n) is 5.55. The average Bonchev–Trinajstić information content (AvgIpc) is 3.11. The maximum absolute atomic E-state index is 9.15. The molecule has 0 unspecified atom stereocenters. The van der Waals surface area contributed by atoms with Gasteiger partial charge in [-0.15, -0.1) is 5.10 Å². The van der Waals surface area contributed by atoms with Gasteiger partial charge in [0, 0.05) is 21.6 Å². The van der Waals surface area contributed by atoms with E-state index in [1.54, 1.807) is 24.9 Å². The number of thioether (sulfide) groups is 1. The SMILES string of the molecule is C=C(CO)SC(=C)c1cnc2ccc(Nc3ccc(OC)c(OC)c3)nn12. The number of rotatable bonds is 8. The Bertz CT molecular complexity index is 1000. The van der Waals surface area contributed by atoms with Crippen LogP contribution in [0.25, 0.3) is 10.6 Å².